The molecule has 5 nitrogen and oxygen atoms in total. The molecule has 0 spiro atoms. The van der Waals surface area contributed by atoms with Gasteiger partial charge in [0, 0.05) is 18.8 Å². The van der Waals surface area contributed by atoms with Gasteiger partial charge >= 0.3 is 0 Å². The van der Waals surface area contributed by atoms with Crippen molar-refractivity contribution in [2.24, 2.45) is 7.05 Å². The smallest absolute Gasteiger partial charge is 0.256 e. The molecule has 1 aromatic heterocycles. The van der Waals surface area contributed by atoms with E-state index in [1.807, 2.05) is 6.07 Å². The zero-order valence-corrected chi connectivity index (χ0v) is 9.51. The fourth-order valence-electron chi connectivity index (χ4n) is 1.44. The number of anilines is 1. The van der Waals surface area contributed by atoms with Gasteiger partial charge in [0.2, 0.25) is 0 Å². The number of rotatable bonds is 2. The molecule has 1 heterocycles. The van der Waals surface area contributed by atoms with Crippen LogP contribution >= 0.6 is 0 Å². The van der Waals surface area contributed by atoms with Crippen LogP contribution in [0.4, 0.5) is 10.2 Å². The van der Waals surface area contributed by atoms with Gasteiger partial charge in [-0.15, -0.1) is 0 Å². The summed E-state index contributed by atoms with van der Waals surface area (Å²) < 4.78 is 14.1. The van der Waals surface area contributed by atoms with E-state index in [1.165, 1.54) is 35.1 Å². The standard InChI is InChI=1S/C12H9FN4O/c1-17-7-9(6-14)11(16-17)15-12(18)8-2-4-10(13)5-3-8/h2-5,7H,1H3,(H,15,16,18). The number of hydrogen-bond donors (Lipinski definition) is 1. The van der Waals surface area contributed by atoms with Crippen molar-refractivity contribution in [2.45, 2.75) is 0 Å². The van der Waals surface area contributed by atoms with Crippen LogP contribution in [0.5, 0.6) is 0 Å². The van der Waals surface area contributed by atoms with Gasteiger partial charge in [-0.1, -0.05) is 0 Å². The highest BCUT2D eigenvalue weighted by molar-refractivity contribution is 6.04. The van der Waals surface area contributed by atoms with E-state index in [1.54, 1.807) is 7.05 Å². The minimum atomic E-state index is -0.440. The van der Waals surface area contributed by atoms with E-state index in [-0.39, 0.29) is 11.4 Å². The minimum Gasteiger partial charge on any atom is -0.304 e. The Bertz CT molecular complexity index is 625. The summed E-state index contributed by atoms with van der Waals surface area (Å²) in [6, 6.07) is 7.03. The van der Waals surface area contributed by atoms with Crippen LogP contribution in [-0.2, 0) is 7.05 Å². The molecule has 18 heavy (non-hydrogen) atoms. The number of benzene rings is 1. The number of nitrogens with one attached hydrogen (secondary N) is 1. The zero-order valence-electron chi connectivity index (χ0n) is 9.51. The molecule has 90 valence electrons. The van der Waals surface area contributed by atoms with Gasteiger partial charge in [0.1, 0.15) is 17.4 Å². The van der Waals surface area contributed by atoms with Crippen LogP contribution < -0.4 is 5.32 Å². The van der Waals surface area contributed by atoms with Crippen molar-refractivity contribution in [3.63, 3.8) is 0 Å². The number of carbonyl (C=O) groups excluding carboxylic acids is 1. The second-order valence-corrected chi connectivity index (χ2v) is 3.64. The van der Waals surface area contributed by atoms with Gasteiger partial charge < -0.3 is 5.32 Å². The Morgan fingerprint density at radius 3 is 2.72 bits per heavy atom. The van der Waals surface area contributed by atoms with Crippen molar-refractivity contribution in [1.82, 2.24) is 9.78 Å². The maximum Gasteiger partial charge on any atom is 0.256 e. The topological polar surface area (TPSA) is 70.7 Å². The minimum absolute atomic E-state index is 0.189. The third-order valence-corrected chi connectivity index (χ3v) is 2.29. The molecule has 0 unspecified atom stereocenters. The Labute approximate surface area is 102 Å². The van der Waals surface area contributed by atoms with Gasteiger partial charge in [0.25, 0.3) is 5.91 Å². The van der Waals surface area contributed by atoms with Gasteiger partial charge in [-0.25, -0.2) is 4.39 Å². The largest absolute Gasteiger partial charge is 0.304 e. The number of amides is 1. The lowest BCUT2D eigenvalue weighted by Gasteiger charge is -2.02. The Hall–Kier alpha value is -2.68. The van der Waals surface area contributed by atoms with Crippen LogP contribution in [0.2, 0.25) is 0 Å². The van der Waals surface area contributed by atoms with Crippen molar-refractivity contribution in [2.75, 3.05) is 5.32 Å². The molecule has 0 aliphatic carbocycles. The van der Waals surface area contributed by atoms with Crippen LogP contribution in [-0.4, -0.2) is 15.7 Å². The van der Waals surface area contributed by atoms with Crippen LogP contribution in [0.15, 0.2) is 30.5 Å². The first-order chi connectivity index (χ1) is 8.60. The average Bonchev–Trinajstić information content (AvgIpc) is 2.70. The van der Waals surface area contributed by atoms with E-state index >= 15 is 0 Å². The van der Waals surface area contributed by atoms with E-state index < -0.39 is 11.7 Å². The molecule has 0 bridgehead atoms. The lowest BCUT2D eigenvalue weighted by atomic mass is 10.2. The SMILES string of the molecule is Cn1cc(C#N)c(NC(=O)c2ccc(F)cc2)n1. The fraction of sp³-hybridized carbons (Fsp3) is 0.0833. The van der Waals surface area contributed by atoms with Gasteiger partial charge in [0.05, 0.1) is 0 Å². The van der Waals surface area contributed by atoms with Crippen LogP contribution in [0.1, 0.15) is 15.9 Å². The Balaban J connectivity index is 2.21. The van der Waals surface area contributed by atoms with Crippen molar-refractivity contribution in [1.29, 1.82) is 5.26 Å². The van der Waals surface area contributed by atoms with Gasteiger partial charge in [-0.05, 0) is 24.3 Å². The van der Waals surface area contributed by atoms with E-state index in [4.69, 9.17) is 5.26 Å². The van der Waals surface area contributed by atoms with E-state index in [0.29, 0.717) is 5.56 Å². The molecule has 6 heteroatoms. The lowest BCUT2D eigenvalue weighted by molar-refractivity contribution is 0.102. The molecular weight excluding hydrogens is 235 g/mol. The van der Waals surface area contributed by atoms with E-state index in [9.17, 15) is 9.18 Å². The Morgan fingerprint density at radius 1 is 1.44 bits per heavy atom. The number of carbonyl (C=O) groups is 1. The molecule has 2 rings (SSSR count). The average molecular weight is 244 g/mol. The highest BCUT2D eigenvalue weighted by Gasteiger charge is 2.12. The summed E-state index contributed by atoms with van der Waals surface area (Å²) in [5.74, 6) is -0.665. The maximum atomic E-state index is 12.7. The highest BCUT2D eigenvalue weighted by Crippen LogP contribution is 2.12. The fourth-order valence-corrected chi connectivity index (χ4v) is 1.44. The molecule has 0 aliphatic heterocycles. The van der Waals surface area contributed by atoms with E-state index in [0.717, 1.165) is 0 Å². The summed E-state index contributed by atoms with van der Waals surface area (Å²) >= 11 is 0. The molecule has 0 saturated carbocycles. The summed E-state index contributed by atoms with van der Waals surface area (Å²) in [6.07, 6.45) is 1.50. The quantitative estimate of drug-likeness (QED) is 0.873. The molecule has 0 atom stereocenters. The molecular formula is C12H9FN4O. The monoisotopic (exact) mass is 244 g/mol. The van der Waals surface area contributed by atoms with Crippen molar-refractivity contribution < 1.29 is 9.18 Å². The van der Waals surface area contributed by atoms with E-state index in [2.05, 4.69) is 10.4 Å². The number of nitriles is 1. The predicted molar refractivity (Wildman–Crippen MR) is 62.3 cm³/mol. The van der Waals surface area contributed by atoms with Crippen LogP contribution in [0, 0.1) is 17.1 Å². The van der Waals surface area contributed by atoms with Crippen molar-refractivity contribution in [3.8, 4) is 6.07 Å². The summed E-state index contributed by atoms with van der Waals surface area (Å²) in [4.78, 5) is 11.8. The number of hydrogen-bond acceptors (Lipinski definition) is 3. The molecule has 0 fully saturated rings. The summed E-state index contributed by atoms with van der Waals surface area (Å²) in [5, 5.41) is 15.3. The van der Waals surface area contributed by atoms with Crippen LogP contribution in [0.3, 0.4) is 0 Å². The Kier molecular flexibility index (Phi) is 3.06. The Morgan fingerprint density at radius 2 is 2.11 bits per heavy atom. The second-order valence-electron chi connectivity index (χ2n) is 3.64. The summed E-state index contributed by atoms with van der Waals surface area (Å²) in [7, 11) is 1.65. The summed E-state index contributed by atoms with van der Waals surface area (Å²) in [5.41, 5.74) is 0.568. The normalized spacial score (nSPS) is 9.83. The molecule has 1 amide bonds. The van der Waals surface area contributed by atoms with Gasteiger partial charge in [0.15, 0.2) is 5.82 Å². The van der Waals surface area contributed by atoms with Crippen LogP contribution in [0.25, 0.3) is 0 Å². The first-order valence-corrected chi connectivity index (χ1v) is 5.11. The molecule has 0 aliphatic rings. The van der Waals surface area contributed by atoms with Gasteiger partial charge in [-0.3, -0.25) is 9.48 Å². The number of halogens is 1. The third-order valence-electron chi connectivity index (χ3n) is 2.29. The van der Waals surface area contributed by atoms with Gasteiger partial charge in [-0.2, -0.15) is 10.4 Å². The zero-order chi connectivity index (χ0) is 13.1. The molecule has 2 aromatic rings. The molecule has 1 N–H and O–H groups in total. The second kappa shape index (κ2) is 4.67. The number of aromatic nitrogens is 2. The highest BCUT2D eigenvalue weighted by atomic mass is 19.1. The molecule has 0 radical (unpaired) electrons. The lowest BCUT2D eigenvalue weighted by Crippen LogP contribution is -2.13. The maximum absolute atomic E-state index is 12.7. The molecule has 0 saturated heterocycles. The predicted octanol–water partition coefficient (Wildman–Crippen LogP) is 1.68. The number of nitrogens with zero attached hydrogens (tertiary/aromatic N) is 3. The first-order valence-electron chi connectivity index (χ1n) is 5.11. The summed E-state index contributed by atoms with van der Waals surface area (Å²) in [6.45, 7) is 0. The molecule has 1 aromatic carbocycles. The third kappa shape index (κ3) is 2.35. The van der Waals surface area contributed by atoms with Crippen molar-refractivity contribution >= 4 is 11.7 Å². The van der Waals surface area contributed by atoms with Crippen molar-refractivity contribution in [3.05, 3.63) is 47.4 Å². The number of aryl methyl sites for hydroxylation is 1. The first kappa shape index (κ1) is 11.8.